The second kappa shape index (κ2) is 6.46. The molecule has 0 aliphatic carbocycles. The molecule has 3 heterocycles. The first kappa shape index (κ1) is 15.5. The van der Waals surface area contributed by atoms with E-state index in [1.165, 1.54) is 11.0 Å². The number of imidazole rings is 1. The molecule has 1 amide bonds. The highest BCUT2D eigenvalue weighted by Gasteiger charge is 2.27. The Bertz CT molecular complexity index is 871. The van der Waals surface area contributed by atoms with Gasteiger partial charge in [0, 0.05) is 25.5 Å². The van der Waals surface area contributed by atoms with Crippen molar-refractivity contribution in [2.45, 2.75) is 25.8 Å². The summed E-state index contributed by atoms with van der Waals surface area (Å²) in [6.45, 7) is 3.43. The zero-order valence-corrected chi connectivity index (χ0v) is 14.0. The number of amides is 1. The Morgan fingerprint density at radius 3 is 2.92 bits per heavy atom. The standard InChI is InChI=1S/C17H19N7O/c1-13-18-8-10-23(13)14-5-4-9-22(11-14)17(25)15-6-2-3-7-16(15)24-12-19-20-21-24/h2-3,6-8,10,12,14H,4-5,9,11H2,1H3/t14-/m0/s1. The second-order valence-corrected chi connectivity index (χ2v) is 6.20. The maximum Gasteiger partial charge on any atom is 0.256 e. The molecule has 2 aromatic heterocycles. The lowest BCUT2D eigenvalue weighted by molar-refractivity contribution is 0.0678. The van der Waals surface area contributed by atoms with E-state index in [4.69, 9.17) is 0 Å². The number of carbonyl (C=O) groups excluding carboxylic acids is 1. The number of aromatic nitrogens is 6. The fourth-order valence-electron chi connectivity index (χ4n) is 3.44. The third kappa shape index (κ3) is 2.90. The van der Waals surface area contributed by atoms with Gasteiger partial charge in [-0.3, -0.25) is 4.79 Å². The first-order chi connectivity index (χ1) is 12.2. The van der Waals surface area contributed by atoms with Gasteiger partial charge in [0.15, 0.2) is 0 Å². The summed E-state index contributed by atoms with van der Waals surface area (Å²) in [6, 6.07) is 7.68. The molecule has 0 N–H and O–H groups in total. The summed E-state index contributed by atoms with van der Waals surface area (Å²) >= 11 is 0. The molecule has 1 fully saturated rings. The van der Waals surface area contributed by atoms with Gasteiger partial charge in [0.25, 0.3) is 5.91 Å². The Morgan fingerprint density at radius 1 is 1.28 bits per heavy atom. The third-order valence-corrected chi connectivity index (χ3v) is 4.67. The lowest BCUT2D eigenvalue weighted by atomic mass is 10.0. The number of aryl methyl sites for hydroxylation is 1. The Labute approximate surface area is 145 Å². The fourth-order valence-corrected chi connectivity index (χ4v) is 3.44. The van der Waals surface area contributed by atoms with Crippen molar-refractivity contribution >= 4 is 5.91 Å². The summed E-state index contributed by atoms with van der Waals surface area (Å²) in [5.74, 6) is 0.988. The Kier molecular flexibility index (Phi) is 4.01. The third-order valence-electron chi connectivity index (χ3n) is 4.67. The number of para-hydroxylation sites is 1. The molecule has 128 valence electrons. The summed E-state index contributed by atoms with van der Waals surface area (Å²) in [5, 5.41) is 11.2. The van der Waals surface area contributed by atoms with Crippen LogP contribution in [0.25, 0.3) is 5.69 Å². The average molecular weight is 337 g/mol. The topological polar surface area (TPSA) is 81.7 Å². The maximum absolute atomic E-state index is 13.1. The van der Waals surface area contributed by atoms with Crippen LogP contribution in [0.3, 0.4) is 0 Å². The van der Waals surface area contributed by atoms with Crippen LogP contribution in [0.5, 0.6) is 0 Å². The molecule has 1 aliphatic heterocycles. The largest absolute Gasteiger partial charge is 0.337 e. The lowest BCUT2D eigenvalue weighted by Gasteiger charge is -2.34. The molecule has 0 radical (unpaired) electrons. The number of carbonyl (C=O) groups is 1. The normalized spacial score (nSPS) is 17.6. The number of piperidine rings is 1. The molecule has 0 spiro atoms. The number of benzene rings is 1. The predicted molar refractivity (Wildman–Crippen MR) is 90.3 cm³/mol. The number of likely N-dealkylation sites (tertiary alicyclic amines) is 1. The van der Waals surface area contributed by atoms with Gasteiger partial charge in [-0.15, -0.1) is 5.10 Å². The Hall–Kier alpha value is -3.03. The Morgan fingerprint density at radius 2 is 2.16 bits per heavy atom. The van der Waals surface area contributed by atoms with E-state index in [0.717, 1.165) is 25.2 Å². The summed E-state index contributed by atoms with van der Waals surface area (Å²) in [7, 11) is 0. The molecular weight excluding hydrogens is 318 g/mol. The summed E-state index contributed by atoms with van der Waals surface area (Å²) < 4.78 is 3.68. The van der Waals surface area contributed by atoms with Gasteiger partial charge in [-0.25, -0.2) is 4.98 Å². The van der Waals surface area contributed by atoms with E-state index >= 15 is 0 Å². The quantitative estimate of drug-likeness (QED) is 0.726. The van der Waals surface area contributed by atoms with Crippen LogP contribution in [-0.2, 0) is 0 Å². The van der Waals surface area contributed by atoms with Crippen molar-refractivity contribution in [3.63, 3.8) is 0 Å². The minimum absolute atomic E-state index is 0.00793. The first-order valence-corrected chi connectivity index (χ1v) is 8.35. The van der Waals surface area contributed by atoms with Crippen LogP contribution in [0.1, 0.15) is 35.1 Å². The molecule has 3 aromatic rings. The minimum atomic E-state index is 0.00793. The van der Waals surface area contributed by atoms with Gasteiger partial charge in [0.05, 0.1) is 17.3 Å². The summed E-state index contributed by atoms with van der Waals surface area (Å²) in [5.41, 5.74) is 1.30. The highest BCUT2D eigenvalue weighted by Crippen LogP contribution is 2.25. The first-order valence-electron chi connectivity index (χ1n) is 8.35. The molecule has 8 heteroatoms. The average Bonchev–Trinajstić information content (AvgIpc) is 3.33. The molecule has 4 rings (SSSR count). The second-order valence-electron chi connectivity index (χ2n) is 6.20. The Balaban J connectivity index is 1.60. The van der Waals surface area contributed by atoms with E-state index in [1.54, 1.807) is 0 Å². The summed E-state index contributed by atoms with van der Waals surface area (Å²) in [4.78, 5) is 19.4. The van der Waals surface area contributed by atoms with Gasteiger partial charge in [0.1, 0.15) is 12.2 Å². The van der Waals surface area contributed by atoms with Crippen LogP contribution < -0.4 is 0 Å². The predicted octanol–water partition coefficient (Wildman–Crippen LogP) is 1.64. The molecule has 0 bridgehead atoms. The highest BCUT2D eigenvalue weighted by molar-refractivity contribution is 5.97. The minimum Gasteiger partial charge on any atom is -0.337 e. The number of hydrogen-bond donors (Lipinski definition) is 0. The van der Waals surface area contributed by atoms with Gasteiger partial charge in [-0.2, -0.15) is 4.68 Å². The molecule has 1 atom stereocenters. The van der Waals surface area contributed by atoms with E-state index in [9.17, 15) is 4.79 Å². The van der Waals surface area contributed by atoms with Crippen molar-refractivity contribution in [2.75, 3.05) is 13.1 Å². The molecule has 0 unspecified atom stereocenters. The number of tetrazole rings is 1. The van der Waals surface area contributed by atoms with Crippen molar-refractivity contribution in [1.29, 1.82) is 0 Å². The molecular formula is C17H19N7O. The van der Waals surface area contributed by atoms with Gasteiger partial charge < -0.3 is 9.47 Å². The monoisotopic (exact) mass is 337 g/mol. The molecule has 25 heavy (non-hydrogen) atoms. The maximum atomic E-state index is 13.1. The van der Waals surface area contributed by atoms with Crippen LogP contribution in [-0.4, -0.2) is 53.7 Å². The van der Waals surface area contributed by atoms with Crippen molar-refractivity contribution in [3.05, 3.63) is 54.4 Å². The van der Waals surface area contributed by atoms with Gasteiger partial charge in [-0.1, -0.05) is 12.1 Å². The smallest absolute Gasteiger partial charge is 0.256 e. The number of nitrogens with zero attached hydrogens (tertiary/aromatic N) is 7. The van der Waals surface area contributed by atoms with Crippen LogP contribution in [0.4, 0.5) is 0 Å². The van der Waals surface area contributed by atoms with E-state index in [-0.39, 0.29) is 11.9 Å². The van der Waals surface area contributed by atoms with Gasteiger partial charge in [0.2, 0.25) is 0 Å². The molecule has 8 nitrogen and oxygen atoms in total. The number of hydrogen-bond acceptors (Lipinski definition) is 5. The van der Waals surface area contributed by atoms with Gasteiger partial charge in [-0.05, 0) is 42.3 Å². The van der Waals surface area contributed by atoms with Crippen LogP contribution in [0.2, 0.25) is 0 Å². The van der Waals surface area contributed by atoms with E-state index in [0.29, 0.717) is 17.8 Å². The fraction of sp³-hybridized carbons (Fsp3) is 0.353. The lowest BCUT2D eigenvalue weighted by Crippen LogP contribution is -2.41. The van der Waals surface area contributed by atoms with Gasteiger partial charge >= 0.3 is 0 Å². The van der Waals surface area contributed by atoms with Crippen molar-refractivity contribution in [2.24, 2.45) is 0 Å². The van der Waals surface area contributed by atoms with Crippen LogP contribution in [0, 0.1) is 6.92 Å². The van der Waals surface area contributed by atoms with Crippen molar-refractivity contribution in [1.82, 2.24) is 34.7 Å². The van der Waals surface area contributed by atoms with E-state index in [2.05, 4.69) is 25.1 Å². The molecule has 1 saturated heterocycles. The van der Waals surface area contributed by atoms with Crippen molar-refractivity contribution in [3.8, 4) is 5.69 Å². The zero-order valence-electron chi connectivity index (χ0n) is 14.0. The molecule has 1 aromatic carbocycles. The van der Waals surface area contributed by atoms with E-state index < -0.39 is 0 Å². The van der Waals surface area contributed by atoms with Crippen LogP contribution in [0.15, 0.2) is 43.0 Å². The molecule has 0 saturated carbocycles. The zero-order chi connectivity index (χ0) is 17.2. The molecule has 1 aliphatic rings. The van der Waals surface area contributed by atoms with Crippen molar-refractivity contribution < 1.29 is 4.79 Å². The SMILES string of the molecule is Cc1nccn1[C@H]1CCCN(C(=O)c2ccccc2-n2cnnn2)C1. The van der Waals surface area contributed by atoms with E-state index in [1.807, 2.05) is 48.5 Å². The van der Waals surface area contributed by atoms with Crippen LogP contribution >= 0.6 is 0 Å². The number of rotatable bonds is 3. The summed E-state index contributed by atoms with van der Waals surface area (Å²) in [6.07, 6.45) is 7.32. The highest BCUT2D eigenvalue weighted by atomic mass is 16.2.